The molecule has 0 N–H and O–H groups in total. The van der Waals surface area contributed by atoms with Crippen LogP contribution >= 0.6 is 0 Å². The lowest BCUT2D eigenvalue weighted by molar-refractivity contribution is -0.142. The van der Waals surface area contributed by atoms with Gasteiger partial charge in [-0.3, -0.25) is 9.59 Å². The molecule has 0 aliphatic heterocycles. The van der Waals surface area contributed by atoms with Crippen molar-refractivity contribution >= 4 is 22.9 Å². The maximum absolute atomic E-state index is 12.2. The lowest BCUT2D eigenvalue weighted by atomic mass is 10.0. The van der Waals surface area contributed by atoms with Crippen LogP contribution in [-0.4, -0.2) is 23.3 Å². The summed E-state index contributed by atoms with van der Waals surface area (Å²) in [5.41, 5.74) is 3.91. The highest BCUT2D eigenvalue weighted by Crippen LogP contribution is 2.16. The van der Waals surface area contributed by atoms with Crippen molar-refractivity contribution in [3.05, 3.63) is 65.0 Å². The molecule has 0 aliphatic rings. The van der Waals surface area contributed by atoms with Gasteiger partial charge in [-0.15, -0.1) is 0 Å². The number of hydrogen-bond acceptors (Lipinski definition) is 5. The second-order valence-electron chi connectivity index (χ2n) is 5.98. The Kier molecular flexibility index (Phi) is 4.93. The highest BCUT2D eigenvalue weighted by Gasteiger charge is 2.14. The smallest absolute Gasteiger partial charge is 0.306 e. The molecule has 25 heavy (non-hydrogen) atoms. The Morgan fingerprint density at radius 1 is 1.12 bits per heavy atom. The quantitative estimate of drug-likeness (QED) is 0.505. The van der Waals surface area contributed by atoms with Gasteiger partial charge < -0.3 is 9.15 Å². The number of esters is 1. The van der Waals surface area contributed by atoms with Crippen LogP contribution in [0.15, 0.2) is 46.9 Å². The van der Waals surface area contributed by atoms with Crippen molar-refractivity contribution < 1.29 is 18.7 Å². The summed E-state index contributed by atoms with van der Waals surface area (Å²) >= 11 is 0. The first kappa shape index (κ1) is 16.9. The fourth-order valence-electron chi connectivity index (χ4n) is 2.57. The lowest BCUT2D eigenvalue weighted by Crippen LogP contribution is -2.15. The van der Waals surface area contributed by atoms with E-state index >= 15 is 0 Å². The second-order valence-corrected chi connectivity index (χ2v) is 5.98. The molecule has 0 aliphatic carbocycles. The topological polar surface area (TPSA) is 69.4 Å². The first-order valence-electron chi connectivity index (χ1n) is 8.13. The molecule has 1 aromatic heterocycles. The maximum atomic E-state index is 12.2. The molecule has 5 heteroatoms. The molecule has 0 saturated carbocycles. The van der Waals surface area contributed by atoms with E-state index in [-0.39, 0.29) is 18.8 Å². The summed E-state index contributed by atoms with van der Waals surface area (Å²) in [4.78, 5) is 28.4. The van der Waals surface area contributed by atoms with E-state index in [1.807, 2.05) is 56.3 Å². The number of nitrogens with zero attached hydrogens (tertiary/aromatic N) is 1. The van der Waals surface area contributed by atoms with E-state index in [4.69, 9.17) is 9.15 Å². The van der Waals surface area contributed by atoms with Crippen LogP contribution in [0.25, 0.3) is 11.1 Å². The second kappa shape index (κ2) is 7.30. The Hall–Kier alpha value is -2.95. The predicted octanol–water partition coefficient (Wildman–Crippen LogP) is 3.80. The lowest BCUT2D eigenvalue weighted by Gasteiger charge is -2.07. The number of Topliss-reactive ketones (excluding diaryl/α,β-unsaturated/α-hetero) is 1. The fraction of sp³-hybridized carbons (Fsp3) is 0.250. The van der Waals surface area contributed by atoms with E-state index in [0.29, 0.717) is 23.5 Å². The van der Waals surface area contributed by atoms with Crippen LogP contribution in [0.3, 0.4) is 0 Å². The summed E-state index contributed by atoms with van der Waals surface area (Å²) in [6.45, 7) is 3.53. The maximum Gasteiger partial charge on any atom is 0.306 e. The number of carbonyl (C=O) groups is 2. The van der Waals surface area contributed by atoms with Crippen LogP contribution in [0.5, 0.6) is 0 Å². The molecule has 5 nitrogen and oxygen atoms in total. The number of ketones is 1. The van der Waals surface area contributed by atoms with Crippen LogP contribution in [0.2, 0.25) is 0 Å². The van der Waals surface area contributed by atoms with Crippen LogP contribution in [0, 0.1) is 13.8 Å². The summed E-state index contributed by atoms with van der Waals surface area (Å²) in [7, 11) is 0. The summed E-state index contributed by atoms with van der Waals surface area (Å²) < 4.78 is 10.6. The summed E-state index contributed by atoms with van der Waals surface area (Å²) in [6, 6.07) is 13.1. The Bertz CT molecular complexity index is 893. The van der Waals surface area contributed by atoms with Crippen LogP contribution in [0.4, 0.5) is 0 Å². The third-order valence-electron chi connectivity index (χ3n) is 3.94. The standard InChI is InChI=1S/C20H19NO4/c1-13-7-8-14(2)15(11-13)17(22)12-24-20(23)10-9-19-21-16-5-3-4-6-18(16)25-19/h3-8,11H,9-10,12H2,1-2H3. The van der Waals surface area contributed by atoms with Gasteiger partial charge in [0.15, 0.2) is 18.1 Å². The van der Waals surface area contributed by atoms with Gasteiger partial charge in [0.25, 0.3) is 0 Å². The Labute approximate surface area is 145 Å². The van der Waals surface area contributed by atoms with Crippen molar-refractivity contribution in [3.8, 4) is 0 Å². The van der Waals surface area contributed by atoms with Crippen molar-refractivity contribution in [2.24, 2.45) is 0 Å². The normalized spacial score (nSPS) is 10.8. The van der Waals surface area contributed by atoms with Gasteiger partial charge in [-0.25, -0.2) is 4.98 Å². The number of hydrogen-bond donors (Lipinski definition) is 0. The molecule has 0 saturated heterocycles. The number of aromatic nitrogens is 1. The summed E-state index contributed by atoms with van der Waals surface area (Å²) in [6.07, 6.45) is 0.456. The molecular weight excluding hydrogens is 318 g/mol. The zero-order valence-corrected chi connectivity index (χ0v) is 14.2. The van der Waals surface area contributed by atoms with Gasteiger partial charge in [0, 0.05) is 12.0 Å². The van der Waals surface area contributed by atoms with Crippen molar-refractivity contribution in [1.29, 1.82) is 0 Å². The van der Waals surface area contributed by atoms with E-state index in [1.165, 1.54) is 0 Å². The van der Waals surface area contributed by atoms with E-state index in [9.17, 15) is 9.59 Å². The van der Waals surface area contributed by atoms with Gasteiger partial charge in [0.05, 0.1) is 6.42 Å². The van der Waals surface area contributed by atoms with Gasteiger partial charge in [-0.05, 0) is 37.6 Å². The highest BCUT2D eigenvalue weighted by atomic mass is 16.5. The largest absolute Gasteiger partial charge is 0.457 e. The molecule has 128 valence electrons. The Balaban J connectivity index is 1.52. The van der Waals surface area contributed by atoms with E-state index in [0.717, 1.165) is 16.6 Å². The van der Waals surface area contributed by atoms with Crippen LogP contribution in [0.1, 0.15) is 33.8 Å². The van der Waals surface area contributed by atoms with Gasteiger partial charge >= 0.3 is 5.97 Å². The number of aryl methyl sites for hydroxylation is 3. The average Bonchev–Trinajstić information content (AvgIpc) is 3.03. The van der Waals surface area contributed by atoms with E-state index in [2.05, 4.69) is 4.98 Å². The number of benzene rings is 2. The zero-order chi connectivity index (χ0) is 17.8. The number of oxazole rings is 1. The van der Waals surface area contributed by atoms with Gasteiger partial charge in [-0.1, -0.05) is 29.8 Å². The molecule has 0 unspecified atom stereocenters. The molecule has 1 heterocycles. The van der Waals surface area contributed by atoms with Crippen LogP contribution < -0.4 is 0 Å². The summed E-state index contributed by atoms with van der Waals surface area (Å²) in [5.74, 6) is -0.156. The molecular formula is C20H19NO4. The van der Waals surface area contributed by atoms with Crippen molar-refractivity contribution in [3.63, 3.8) is 0 Å². The first-order chi connectivity index (χ1) is 12.0. The number of ether oxygens (including phenoxy) is 1. The minimum atomic E-state index is -0.444. The Morgan fingerprint density at radius 2 is 1.92 bits per heavy atom. The summed E-state index contributed by atoms with van der Waals surface area (Å²) in [5, 5.41) is 0. The fourth-order valence-corrected chi connectivity index (χ4v) is 2.57. The first-order valence-corrected chi connectivity index (χ1v) is 8.13. The van der Waals surface area contributed by atoms with Crippen molar-refractivity contribution in [2.45, 2.75) is 26.7 Å². The number of rotatable bonds is 6. The Morgan fingerprint density at radius 3 is 2.72 bits per heavy atom. The highest BCUT2D eigenvalue weighted by molar-refractivity contribution is 5.99. The number of carbonyl (C=O) groups excluding carboxylic acids is 2. The minimum absolute atomic E-state index is 0.118. The minimum Gasteiger partial charge on any atom is -0.457 e. The third-order valence-corrected chi connectivity index (χ3v) is 3.94. The van der Waals surface area contributed by atoms with E-state index in [1.54, 1.807) is 0 Å². The van der Waals surface area contributed by atoms with Gasteiger partial charge in [0.1, 0.15) is 5.52 Å². The monoisotopic (exact) mass is 337 g/mol. The molecule has 0 bridgehead atoms. The van der Waals surface area contributed by atoms with Crippen molar-refractivity contribution in [1.82, 2.24) is 4.98 Å². The van der Waals surface area contributed by atoms with Crippen molar-refractivity contribution in [2.75, 3.05) is 6.61 Å². The molecule has 0 radical (unpaired) electrons. The molecule has 0 atom stereocenters. The molecule has 2 aromatic carbocycles. The average molecular weight is 337 g/mol. The molecule has 3 rings (SSSR count). The predicted molar refractivity (Wildman–Crippen MR) is 93.5 cm³/mol. The number of para-hydroxylation sites is 2. The zero-order valence-electron chi connectivity index (χ0n) is 14.2. The molecule has 0 spiro atoms. The van der Waals surface area contributed by atoms with E-state index < -0.39 is 5.97 Å². The molecule has 0 amide bonds. The van der Waals surface area contributed by atoms with Gasteiger partial charge in [0.2, 0.25) is 5.78 Å². The SMILES string of the molecule is Cc1ccc(C)c(C(=O)COC(=O)CCc2nc3ccccc3o2)c1. The molecule has 0 fully saturated rings. The van der Waals surface area contributed by atoms with Crippen LogP contribution in [-0.2, 0) is 16.0 Å². The molecule has 3 aromatic rings. The van der Waals surface area contributed by atoms with Gasteiger partial charge in [-0.2, -0.15) is 0 Å². The third kappa shape index (κ3) is 4.12. The number of fused-ring (bicyclic) bond motifs is 1.